The second kappa shape index (κ2) is 5.31. The molecular formula is C16H13ClN2O2. The monoisotopic (exact) mass is 300 g/mol. The van der Waals surface area contributed by atoms with Crippen molar-refractivity contribution in [3.8, 4) is 0 Å². The third kappa shape index (κ3) is 2.44. The van der Waals surface area contributed by atoms with E-state index in [1.165, 1.54) is 0 Å². The molecule has 1 N–H and O–H groups in total. The van der Waals surface area contributed by atoms with E-state index in [0.29, 0.717) is 16.1 Å². The molecule has 3 rings (SSSR count). The first-order valence-corrected chi connectivity index (χ1v) is 6.89. The summed E-state index contributed by atoms with van der Waals surface area (Å²) in [5.41, 5.74) is -0.393. The van der Waals surface area contributed by atoms with E-state index in [1.54, 1.807) is 42.6 Å². The van der Waals surface area contributed by atoms with E-state index < -0.39 is 5.72 Å². The number of hydrazone groups is 1. The van der Waals surface area contributed by atoms with Crippen LogP contribution in [0.25, 0.3) is 0 Å². The molecule has 1 aliphatic rings. The predicted octanol–water partition coefficient (Wildman–Crippen LogP) is 3.02. The number of aliphatic hydroxyl groups is 1. The van der Waals surface area contributed by atoms with Crippen molar-refractivity contribution < 1.29 is 9.90 Å². The van der Waals surface area contributed by atoms with E-state index in [9.17, 15) is 9.90 Å². The predicted molar refractivity (Wildman–Crippen MR) is 81.1 cm³/mol. The van der Waals surface area contributed by atoms with Gasteiger partial charge >= 0.3 is 0 Å². The summed E-state index contributed by atoms with van der Waals surface area (Å²) in [5.74, 6) is -0.369. The third-order valence-electron chi connectivity index (χ3n) is 3.44. The van der Waals surface area contributed by atoms with Crippen LogP contribution in [0.1, 0.15) is 22.3 Å². The van der Waals surface area contributed by atoms with Crippen LogP contribution < -0.4 is 0 Å². The zero-order chi connectivity index (χ0) is 14.9. The number of nitrogens with zero attached hydrogens (tertiary/aromatic N) is 2. The highest BCUT2D eigenvalue weighted by Crippen LogP contribution is 2.34. The molecule has 1 heterocycles. The average molecular weight is 301 g/mol. The number of carbonyl (C=O) groups is 1. The summed E-state index contributed by atoms with van der Waals surface area (Å²) < 4.78 is 0. The van der Waals surface area contributed by atoms with Gasteiger partial charge in [0.25, 0.3) is 5.91 Å². The number of benzene rings is 2. The van der Waals surface area contributed by atoms with Gasteiger partial charge in [-0.3, -0.25) is 4.79 Å². The summed E-state index contributed by atoms with van der Waals surface area (Å²) in [5, 5.41) is 16.6. The first-order valence-electron chi connectivity index (χ1n) is 6.52. The minimum Gasteiger partial charge on any atom is -0.365 e. The second-order valence-corrected chi connectivity index (χ2v) is 5.25. The minimum atomic E-state index is -1.45. The van der Waals surface area contributed by atoms with Gasteiger partial charge in [-0.2, -0.15) is 10.1 Å². The molecular weight excluding hydrogens is 288 g/mol. The molecule has 0 spiro atoms. The Balaban J connectivity index is 1.95. The van der Waals surface area contributed by atoms with Crippen molar-refractivity contribution in [1.29, 1.82) is 0 Å². The van der Waals surface area contributed by atoms with Gasteiger partial charge in [0.15, 0.2) is 5.72 Å². The lowest BCUT2D eigenvalue weighted by molar-refractivity contribution is -0.0764. The van der Waals surface area contributed by atoms with Crippen LogP contribution in [0, 0.1) is 0 Å². The highest BCUT2D eigenvalue weighted by molar-refractivity contribution is 6.30. The Labute approximate surface area is 127 Å². The number of hydrogen-bond acceptors (Lipinski definition) is 3. The minimum absolute atomic E-state index is 0.260. The van der Waals surface area contributed by atoms with Crippen LogP contribution in [-0.2, 0) is 5.72 Å². The zero-order valence-corrected chi connectivity index (χ0v) is 11.9. The van der Waals surface area contributed by atoms with Gasteiger partial charge in [-0.1, -0.05) is 41.9 Å². The van der Waals surface area contributed by atoms with Gasteiger partial charge in [0.1, 0.15) is 0 Å². The molecule has 0 bridgehead atoms. The van der Waals surface area contributed by atoms with E-state index in [-0.39, 0.29) is 12.3 Å². The normalized spacial score (nSPS) is 20.8. The molecule has 4 nitrogen and oxygen atoms in total. The SMILES string of the molecule is O=C(c1ccc(Cl)cc1)N1N=CCC1(O)c1ccccc1. The van der Waals surface area contributed by atoms with E-state index in [4.69, 9.17) is 11.6 Å². The summed E-state index contributed by atoms with van der Waals surface area (Å²) >= 11 is 5.82. The fourth-order valence-corrected chi connectivity index (χ4v) is 2.44. The number of hydrogen-bond donors (Lipinski definition) is 1. The summed E-state index contributed by atoms with van der Waals surface area (Å²) in [6.45, 7) is 0. The Hall–Kier alpha value is -2.17. The molecule has 2 aromatic carbocycles. The van der Waals surface area contributed by atoms with Crippen LogP contribution in [0.4, 0.5) is 0 Å². The molecule has 0 radical (unpaired) electrons. The maximum Gasteiger partial charge on any atom is 0.276 e. The highest BCUT2D eigenvalue weighted by Gasteiger charge is 2.42. The number of carbonyl (C=O) groups excluding carboxylic acids is 1. The van der Waals surface area contributed by atoms with E-state index in [1.807, 2.05) is 18.2 Å². The van der Waals surface area contributed by atoms with Crippen LogP contribution in [0.2, 0.25) is 5.02 Å². The molecule has 1 atom stereocenters. The van der Waals surface area contributed by atoms with Crippen LogP contribution >= 0.6 is 11.6 Å². The smallest absolute Gasteiger partial charge is 0.276 e. The molecule has 0 aromatic heterocycles. The maximum atomic E-state index is 12.6. The van der Waals surface area contributed by atoms with Crippen LogP contribution in [0.3, 0.4) is 0 Å². The van der Waals surface area contributed by atoms with Crippen molar-refractivity contribution in [1.82, 2.24) is 5.01 Å². The van der Waals surface area contributed by atoms with E-state index in [2.05, 4.69) is 5.10 Å². The molecule has 1 unspecified atom stereocenters. The molecule has 0 aliphatic carbocycles. The second-order valence-electron chi connectivity index (χ2n) is 4.81. The van der Waals surface area contributed by atoms with Crippen LogP contribution in [0.5, 0.6) is 0 Å². The van der Waals surface area contributed by atoms with Gasteiger partial charge in [0, 0.05) is 28.8 Å². The first kappa shape index (κ1) is 13.8. The van der Waals surface area contributed by atoms with Crippen molar-refractivity contribution in [2.75, 3.05) is 0 Å². The molecule has 0 saturated carbocycles. The molecule has 5 heteroatoms. The topological polar surface area (TPSA) is 52.9 Å². The Morgan fingerprint density at radius 2 is 1.81 bits per heavy atom. The van der Waals surface area contributed by atoms with Crippen molar-refractivity contribution in [3.05, 3.63) is 70.7 Å². The van der Waals surface area contributed by atoms with Gasteiger partial charge in [-0.15, -0.1) is 0 Å². The molecule has 21 heavy (non-hydrogen) atoms. The lowest BCUT2D eigenvalue weighted by Crippen LogP contribution is -2.43. The molecule has 0 fully saturated rings. The van der Waals surface area contributed by atoms with Crippen molar-refractivity contribution >= 4 is 23.7 Å². The van der Waals surface area contributed by atoms with Gasteiger partial charge in [-0.25, -0.2) is 0 Å². The van der Waals surface area contributed by atoms with Gasteiger partial charge < -0.3 is 5.11 Å². The summed E-state index contributed by atoms with van der Waals surface area (Å²) in [6.07, 6.45) is 1.80. The Morgan fingerprint density at radius 1 is 1.14 bits per heavy atom. The highest BCUT2D eigenvalue weighted by atomic mass is 35.5. The number of amides is 1. The molecule has 0 saturated heterocycles. The summed E-state index contributed by atoms with van der Waals surface area (Å²) in [6, 6.07) is 15.5. The van der Waals surface area contributed by atoms with Crippen molar-refractivity contribution in [2.45, 2.75) is 12.1 Å². The molecule has 2 aromatic rings. The van der Waals surface area contributed by atoms with Gasteiger partial charge in [0.05, 0.1) is 0 Å². The number of halogens is 1. The summed E-state index contributed by atoms with van der Waals surface area (Å²) in [7, 11) is 0. The van der Waals surface area contributed by atoms with Gasteiger partial charge in [-0.05, 0) is 24.3 Å². The Kier molecular flexibility index (Phi) is 3.49. The lowest BCUT2D eigenvalue weighted by Gasteiger charge is -2.31. The first-order chi connectivity index (χ1) is 10.1. The van der Waals surface area contributed by atoms with Gasteiger partial charge in [0.2, 0.25) is 0 Å². The molecule has 1 aliphatic heterocycles. The van der Waals surface area contributed by atoms with Crippen molar-refractivity contribution in [2.24, 2.45) is 5.10 Å². The third-order valence-corrected chi connectivity index (χ3v) is 3.70. The van der Waals surface area contributed by atoms with E-state index in [0.717, 1.165) is 5.01 Å². The van der Waals surface area contributed by atoms with Crippen LogP contribution in [0.15, 0.2) is 59.7 Å². The number of rotatable bonds is 2. The zero-order valence-electron chi connectivity index (χ0n) is 11.1. The quantitative estimate of drug-likeness (QED) is 0.927. The Bertz CT molecular complexity index is 685. The fourth-order valence-electron chi connectivity index (χ4n) is 2.31. The molecule has 106 valence electrons. The standard InChI is InChI=1S/C16H13ClN2O2/c17-14-8-6-12(7-9-14)15(20)19-16(21,10-11-18-19)13-4-2-1-3-5-13/h1-9,11,21H,10H2. The van der Waals surface area contributed by atoms with Crippen molar-refractivity contribution in [3.63, 3.8) is 0 Å². The Morgan fingerprint density at radius 3 is 2.48 bits per heavy atom. The largest absolute Gasteiger partial charge is 0.365 e. The lowest BCUT2D eigenvalue weighted by atomic mass is 9.99. The fraction of sp³-hybridized carbons (Fsp3) is 0.125. The molecule has 1 amide bonds. The average Bonchev–Trinajstić information content (AvgIpc) is 2.91. The summed E-state index contributed by atoms with van der Waals surface area (Å²) in [4.78, 5) is 12.6. The van der Waals surface area contributed by atoms with Crippen LogP contribution in [-0.4, -0.2) is 22.2 Å². The van der Waals surface area contributed by atoms with E-state index >= 15 is 0 Å². The maximum absolute atomic E-state index is 12.6.